The largest absolute Gasteiger partial charge is 0.314 e. The zero-order valence-electron chi connectivity index (χ0n) is 10.3. The van der Waals surface area contributed by atoms with E-state index in [1.165, 1.54) is 41.4 Å². The molecule has 19 heavy (non-hydrogen) atoms. The van der Waals surface area contributed by atoms with Gasteiger partial charge in [0.15, 0.2) is 0 Å². The zero-order chi connectivity index (χ0) is 13.9. The van der Waals surface area contributed by atoms with Crippen molar-refractivity contribution in [3.63, 3.8) is 0 Å². The molecule has 0 aromatic carbocycles. The Morgan fingerprint density at radius 2 is 2.11 bits per heavy atom. The summed E-state index contributed by atoms with van der Waals surface area (Å²) in [6.45, 7) is 2.28. The number of nitrogens with one attached hydrogen (secondary N) is 1. The second-order valence-electron chi connectivity index (χ2n) is 3.84. The molecule has 2 rings (SSSR count). The van der Waals surface area contributed by atoms with Crippen LogP contribution in [0.2, 0.25) is 0 Å². The summed E-state index contributed by atoms with van der Waals surface area (Å²) < 4.78 is 27.9. The predicted molar refractivity (Wildman–Crippen MR) is 71.4 cm³/mol. The summed E-state index contributed by atoms with van der Waals surface area (Å²) in [5.41, 5.74) is 0.164. The highest BCUT2D eigenvalue weighted by atomic mass is 32.2. The minimum absolute atomic E-state index is 0.0734. The number of hydrogen-bond acceptors (Lipinski definition) is 4. The molecule has 0 radical (unpaired) electrons. The van der Waals surface area contributed by atoms with E-state index < -0.39 is 10.0 Å². The molecule has 2 aromatic rings. The van der Waals surface area contributed by atoms with Crippen LogP contribution >= 0.6 is 0 Å². The fraction of sp³-hybridized carbons (Fsp3) is 0.167. The second-order valence-corrected chi connectivity index (χ2v) is 5.52. The smallest absolute Gasteiger partial charge is 0.263 e. The third-order valence-electron chi connectivity index (χ3n) is 2.52. The van der Waals surface area contributed by atoms with Gasteiger partial charge in [-0.1, -0.05) is 0 Å². The Morgan fingerprint density at radius 3 is 2.74 bits per heavy atom. The fourth-order valence-corrected chi connectivity index (χ4v) is 2.57. The number of anilines is 1. The number of nitrogens with zero attached hydrogens (tertiary/aromatic N) is 2. The maximum absolute atomic E-state index is 12.0. The molecule has 0 amide bonds. The molecule has 0 fully saturated rings. The van der Waals surface area contributed by atoms with Crippen LogP contribution in [0.3, 0.4) is 0 Å². The molecular formula is C12H13N3O3S. The van der Waals surface area contributed by atoms with Crippen LogP contribution in [0.5, 0.6) is 0 Å². The molecule has 100 valence electrons. The van der Waals surface area contributed by atoms with Crippen molar-refractivity contribution in [1.82, 2.24) is 9.55 Å². The van der Waals surface area contributed by atoms with Gasteiger partial charge in [-0.15, -0.1) is 0 Å². The van der Waals surface area contributed by atoms with Gasteiger partial charge in [0.2, 0.25) is 0 Å². The summed E-state index contributed by atoms with van der Waals surface area (Å²) in [5.74, 6) is 0. The Labute approximate surface area is 110 Å². The molecule has 0 saturated heterocycles. The molecule has 6 nitrogen and oxygen atoms in total. The Morgan fingerprint density at radius 1 is 1.32 bits per heavy atom. The van der Waals surface area contributed by atoms with Gasteiger partial charge in [-0.3, -0.25) is 14.5 Å². The number of hydrogen-bond donors (Lipinski definition) is 1. The molecule has 0 spiro atoms. The van der Waals surface area contributed by atoms with Crippen LogP contribution in [0.15, 0.2) is 52.5 Å². The van der Waals surface area contributed by atoms with Crippen molar-refractivity contribution in [3.05, 3.63) is 53.2 Å². The lowest BCUT2D eigenvalue weighted by Gasteiger charge is -2.09. The van der Waals surface area contributed by atoms with E-state index in [4.69, 9.17) is 0 Å². The van der Waals surface area contributed by atoms with Crippen molar-refractivity contribution < 1.29 is 8.42 Å². The van der Waals surface area contributed by atoms with Crippen LogP contribution in [-0.2, 0) is 16.6 Å². The molecule has 0 aliphatic carbocycles. The Hall–Kier alpha value is -2.15. The number of aromatic nitrogens is 2. The summed E-state index contributed by atoms with van der Waals surface area (Å²) in [6, 6.07) is 5.75. The van der Waals surface area contributed by atoms with Crippen LogP contribution in [-0.4, -0.2) is 18.0 Å². The maximum Gasteiger partial charge on any atom is 0.263 e. The molecule has 2 aromatic heterocycles. The molecule has 0 aliphatic rings. The minimum atomic E-state index is -3.68. The zero-order valence-corrected chi connectivity index (χ0v) is 11.1. The van der Waals surface area contributed by atoms with Gasteiger partial charge >= 0.3 is 0 Å². The summed E-state index contributed by atoms with van der Waals surface area (Å²) in [6.07, 6.45) is 4.23. The van der Waals surface area contributed by atoms with Crippen molar-refractivity contribution in [2.45, 2.75) is 18.4 Å². The van der Waals surface area contributed by atoms with Gasteiger partial charge in [0.05, 0.1) is 5.69 Å². The fourth-order valence-electron chi connectivity index (χ4n) is 1.56. The Bertz CT molecular complexity index is 723. The van der Waals surface area contributed by atoms with Crippen molar-refractivity contribution in [1.29, 1.82) is 0 Å². The molecule has 0 bridgehead atoms. The average Bonchev–Trinajstić information content (AvgIpc) is 2.42. The number of aryl methyl sites for hydroxylation is 1. The summed E-state index contributed by atoms with van der Waals surface area (Å²) in [5, 5.41) is 0. The van der Waals surface area contributed by atoms with E-state index in [9.17, 15) is 13.2 Å². The SMILES string of the molecule is CCn1cc(NS(=O)(=O)c2cccnc2)ccc1=O. The molecule has 0 atom stereocenters. The molecule has 0 saturated carbocycles. The van der Waals surface area contributed by atoms with Gasteiger partial charge in [0, 0.05) is 31.2 Å². The van der Waals surface area contributed by atoms with Gasteiger partial charge in [0.1, 0.15) is 4.90 Å². The standard InChI is InChI=1S/C12H13N3O3S/c1-2-15-9-10(5-6-12(15)16)14-19(17,18)11-4-3-7-13-8-11/h3-9,14H,2H2,1H3. The van der Waals surface area contributed by atoms with Gasteiger partial charge in [-0.05, 0) is 25.1 Å². The Kier molecular flexibility index (Phi) is 3.66. The van der Waals surface area contributed by atoms with Crippen LogP contribution in [0.1, 0.15) is 6.92 Å². The second kappa shape index (κ2) is 5.23. The van der Waals surface area contributed by atoms with Crippen molar-refractivity contribution in [2.75, 3.05) is 4.72 Å². The van der Waals surface area contributed by atoms with E-state index in [1.807, 2.05) is 0 Å². The van der Waals surface area contributed by atoms with Crippen molar-refractivity contribution in [3.8, 4) is 0 Å². The van der Waals surface area contributed by atoms with E-state index in [0.717, 1.165) is 0 Å². The topological polar surface area (TPSA) is 81.1 Å². The van der Waals surface area contributed by atoms with Crippen molar-refractivity contribution >= 4 is 15.7 Å². The first-order valence-electron chi connectivity index (χ1n) is 5.66. The lowest BCUT2D eigenvalue weighted by atomic mass is 10.4. The van der Waals surface area contributed by atoms with Gasteiger partial charge in [0.25, 0.3) is 15.6 Å². The van der Waals surface area contributed by atoms with E-state index in [-0.39, 0.29) is 10.5 Å². The first-order valence-corrected chi connectivity index (χ1v) is 7.14. The third kappa shape index (κ3) is 3.00. The predicted octanol–water partition coefficient (Wildman–Crippen LogP) is 1.06. The lowest BCUT2D eigenvalue weighted by Crippen LogP contribution is -2.20. The minimum Gasteiger partial charge on any atom is -0.314 e. The maximum atomic E-state index is 12.0. The normalized spacial score (nSPS) is 11.2. The van der Waals surface area contributed by atoms with Crippen molar-refractivity contribution in [2.24, 2.45) is 0 Å². The van der Waals surface area contributed by atoms with Gasteiger partial charge in [-0.25, -0.2) is 8.42 Å². The van der Waals surface area contributed by atoms with Gasteiger partial charge < -0.3 is 4.57 Å². The number of sulfonamides is 1. The molecule has 1 N–H and O–H groups in total. The highest BCUT2D eigenvalue weighted by Crippen LogP contribution is 2.13. The molecule has 7 heteroatoms. The van der Waals surface area contributed by atoms with E-state index in [2.05, 4.69) is 9.71 Å². The van der Waals surface area contributed by atoms with E-state index in [1.54, 1.807) is 13.0 Å². The molecular weight excluding hydrogens is 266 g/mol. The van der Waals surface area contributed by atoms with Crippen LogP contribution in [0.4, 0.5) is 5.69 Å². The van der Waals surface area contributed by atoms with Crippen LogP contribution < -0.4 is 10.3 Å². The van der Waals surface area contributed by atoms with Gasteiger partial charge in [-0.2, -0.15) is 0 Å². The first-order chi connectivity index (χ1) is 9.03. The van der Waals surface area contributed by atoms with E-state index >= 15 is 0 Å². The Balaban J connectivity index is 2.34. The summed E-state index contributed by atoms with van der Waals surface area (Å²) >= 11 is 0. The monoisotopic (exact) mass is 279 g/mol. The first kappa shape index (κ1) is 13.3. The third-order valence-corrected chi connectivity index (χ3v) is 3.89. The van der Waals surface area contributed by atoms with E-state index in [0.29, 0.717) is 12.2 Å². The quantitative estimate of drug-likeness (QED) is 0.907. The van der Waals surface area contributed by atoms with Crippen LogP contribution in [0.25, 0.3) is 0 Å². The average molecular weight is 279 g/mol. The lowest BCUT2D eigenvalue weighted by molar-refractivity contribution is 0.600. The number of pyridine rings is 2. The summed E-state index contributed by atoms with van der Waals surface area (Å²) in [4.78, 5) is 15.3. The number of rotatable bonds is 4. The molecule has 2 heterocycles. The van der Waals surface area contributed by atoms with Crippen LogP contribution in [0, 0.1) is 0 Å². The summed E-state index contributed by atoms with van der Waals surface area (Å²) in [7, 11) is -3.68. The highest BCUT2D eigenvalue weighted by Gasteiger charge is 2.14. The molecule has 0 unspecified atom stereocenters. The highest BCUT2D eigenvalue weighted by molar-refractivity contribution is 7.92. The molecule has 0 aliphatic heterocycles.